The molecule has 1 aliphatic rings. The van der Waals surface area contributed by atoms with Gasteiger partial charge in [0.1, 0.15) is 12.4 Å². The first kappa shape index (κ1) is 28.0. The van der Waals surface area contributed by atoms with Crippen molar-refractivity contribution in [1.29, 1.82) is 0 Å². The van der Waals surface area contributed by atoms with Crippen LogP contribution in [0.15, 0.2) is 41.6 Å². The maximum absolute atomic E-state index is 13.1. The molecule has 204 valence electrons. The van der Waals surface area contributed by atoms with Crippen LogP contribution in [0.1, 0.15) is 37.3 Å². The Balaban J connectivity index is 1.43. The van der Waals surface area contributed by atoms with E-state index in [1.807, 2.05) is 13.1 Å². The van der Waals surface area contributed by atoms with Crippen molar-refractivity contribution in [1.82, 2.24) is 4.98 Å². The molecule has 0 atom stereocenters. The summed E-state index contributed by atoms with van der Waals surface area (Å²) in [6.45, 7) is 3.89. The van der Waals surface area contributed by atoms with E-state index in [1.54, 1.807) is 18.2 Å². The Morgan fingerprint density at radius 2 is 2.03 bits per heavy atom. The summed E-state index contributed by atoms with van der Waals surface area (Å²) >= 11 is 7.51. The van der Waals surface area contributed by atoms with Gasteiger partial charge in [0.25, 0.3) is 0 Å². The van der Waals surface area contributed by atoms with Gasteiger partial charge in [-0.1, -0.05) is 34.2 Å². The third-order valence-electron chi connectivity index (χ3n) is 6.47. The third-order valence-corrected chi connectivity index (χ3v) is 7.86. The molecule has 1 N–H and O–H groups in total. The first-order chi connectivity index (χ1) is 18.1. The number of carboxylic acids is 1. The van der Waals surface area contributed by atoms with Gasteiger partial charge in [0, 0.05) is 18.5 Å². The molecule has 0 spiro atoms. The van der Waals surface area contributed by atoms with Crippen LogP contribution in [0.5, 0.6) is 5.75 Å². The molecule has 0 amide bonds. The molecule has 1 fully saturated rings. The van der Waals surface area contributed by atoms with Crippen molar-refractivity contribution in [3.8, 4) is 5.75 Å². The second-order valence-corrected chi connectivity index (χ2v) is 10.5. The molecule has 1 aromatic heterocycles. The van der Waals surface area contributed by atoms with E-state index in [4.69, 9.17) is 26.3 Å². The van der Waals surface area contributed by atoms with Gasteiger partial charge < -0.3 is 19.6 Å². The van der Waals surface area contributed by atoms with E-state index in [9.17, 15) is 18.0 Å². The number of halogens is 4. The molecule has 3 aromatic rings. The molecule has 2 heterocycles. The second kappa shape index (κ2) is 11.8. The zero-order valence-corrected chi connectivity index (χ0v) is 22.2. The molecular weight excluding hydrogens is 543 g/mol. The lowest BCUT2D eigenvalue weighted by molar-refractivity contribution is -0.138. The fourth-order valence-corrected chi connectivity index (χ4v) is 5.57. The van der Waals surface area contributed by atoms with Gasteiger partial charge in [-0.15, -0.1) is 0 Å². The van der Waals surface area contributed by atoms with Crippen LogP contribution in [0.2, 0.25) is 5.02 Å². The molecule has 7 nitrogen and oxygen atoms in total. The quantitative estimate of drug-likeness (QED) is 0.217. The fraction of sp³-hybridized carbons (Fsp3) is 0.423. The summed E-state index contributed by atoms with van der Waals surface area (Å²) in [5.41, 5.74) is 0.134. The number of hydrogen-bond donors (Lipinski definition) is 1. The van der Waals surface area contributed by atoms with Crippen molar-refractivity contribution in [3.05, 3.63) is 52.5 Å². The largest absolute Gasteiger partial charge is 0.492 e. The second-order valence-electron chi connectivity index (χ2n) is 9.11. The van der Waals surface area contributed by atoms with Crippen molar-refractivity contribution < 1.29 is 32.6 Å². The number of aromatic nitrogens is 1. The lowest BCUT2D eigenvalue weighted by Crippen LogP contribution is -2.42. The molecule has 1 aliphatic heterocycles. The van der Waals surface area contributed by atoms with Crippen LogP contribution in [0, 0.1) is 5.41 Å². The fourth-order valence-electron chi connectivity index (χ4n) is 4.34. The summed E-state index contributed by atoms with van der Waals surface area (Å²) in [5, 5.41) is 14.3. The summed E-state index contributed by atoms with van der Waals surface area (Å²) in [7, 11) is 0. The highest BCUT2D eigenvalue weighted by atomic mass is 35.5. The number of benzene rings is 2. The van der Waals surface area contributed by atoms with Crippen LogP contribution in [-0.2, 0) is 22.2 Å². The first-order valence-corrected chi connectivity index (χ1v) is 13.3. The Bertz CT molecular complexity index is 1310. The van der Waals surface area contributed by atoms with Gasteiger partial charge >= 0.3 is 12.1 Å². The molecule has 0 bridgehead atoms. The van der Waals surface area contributed by atoms with E-state index in [0.29, 0.717) is 77.2 Å². The average molecular weight is 570 g/mol. The van der Waals surface area contributed by atoms with E-state index >= 15 is 0 Å². The molecular formula is C26H27ClF3N3O4S. The lowest BCUT2D eigenvalue weighted by Gasteiger charge is -2.39. The number of fused-ring (bicyclic) bond motifs is 1. The summed E-state index contributed by atoms with van der Waals surface area (Å²) in [6, 6.07) is 8.53. The normalized spacial score (nSPS) is 15.8. The minimum Gasteiger partial charge on any atom is -0.492 e. The average Bonchev–Trinajstić information content (AvgIpc) is 3.29. The summed E-state index contributed by atoms with van der Waals surface area (Å²) in [5.74, 6) is -0.516. The minimum absolute atomic E-state index is 0.127. The standard InChI is InChI=1S/C26H27ClF3N3O4S/c1-2-37-31-16-25(9-12-36-21-13-17(14-23(34)35)3-5-19(21)27)7-10-33(11-8-25)24-32-20-6-4-18(26(28,29)30)15-22(20)38-24/h3-6,13,15-16H,2,7-12,14H2,1H3,(H,34,35)/b31-16+. The highest BCUT2D eigenvalue weighted by molar-refractivity contribution is 7.22. The molecule has 38 heavy (non-hydrogen) atoms. The number of piperidine rings is 1. The van der Waals surface area contributed by atoms with Gasteiger partial charge in [-0.3, -0.25) is 4.79 Å². The highest BCUT2D eigenvalue weighted by Crippen LogP contribution is 2.39. The predicted molar refractivity (Wildman–Crippen MR) is 142 cm³/mol. The van der Waals surface area contributed by atoms with Crippen molar-refractivity contribution in [3.63, 3.8) is 0 Å². The van der Waals surface area contributed by atoms with Gasteiger partial charge in [-0.2, -0.15) is 13.2 Å². The Morgan fingerprint density at radius 3 is 2.71 bits per heavy atom. The van der Waals surface area contributed by atoms with Crippen LogP contribution in [0.4, 0.5) is 18.3 Å². The van der Waals surface area contributed by atoms with E-state index in [2.05, 4.69) is 15.0 Å². The zero-order valence-electron chi connectivity index (χ0n) is 20.6. The summed E-state index contributed by atoms with van der Waals surface area (Å²) in [4.78, 5) is 22.9. The van der Waals surface area contributed by atoms with Crippen LogP contribution in [-0.4, -0.2) is 48.6 Å². The van der Waals surface area contributed by atoms with Gasteiger partial charge in [0.05, 0.1) is 40.0 Å². The van der Waals surface area contributed by atoms with Crippen molar-refractivity contribution >= 4 is 50.5 Å². The number of hydrogen-bond acceptors (Lipinski definition) is 7. The maximum atomic E-state index is 13.1. The number of carboxylic acid groups (broad SMARTS) is 1. The topological polar surface area (TPSA) is 84.2 Å². The van der Waals surface area contributed by atoms with Gasteiger partial charge in [-0.05, 0) is 62.1 Å². The van der Waals surface area contributed by atoms with E-state index < -0.39 is 17.7 Å². The number of nitrogens with zero attached hydrogens (tertiary/aromatic N) is 3. The number of rotatable bonds is 10. The number of alkyl halides is 3. The van der Waals surface area contributed by atoms with Crippen molar-refractivity contribution in [2.75, 3.05) is 31.2 Å². The molecule has 0 aliphatic carbocycles. The number of aliphatic carboxylic acids is 1. The molecule has 0 radical (unpaired) electrons. The zero-order chi connectivity index (χ0) is 27.3. The number of thiazole rings is 1. The Hall–Kier alpha value is -3.05. The summed E-state index contributed by atoms with van der Waals surface area (Å²) in [6.07, 6.45) is -0.670. The molecule has 2 aromatic carbocycles. The van der Waals surface area contributed by atoms with E-state index in [0.717, 1.165) is 12.1 Å². The van der Waals surface area contributed by atoms with E-state index in [-0.39, 0.29) is 11.8 Å². The number of anilines is 1. The minimum atomic E-state index is -4.40. The monoisotopic (exact) mass is 569 g/mol. The molecule has 4 rings (SSSR count). The number of ether oxygens (including phenoxy) is 1. The smallest absolute Gasteiger partial charge is 0.416 e. The maximum Gasteiger partial charge on any atom is 0.416 e. The van der Waals surface area contributed by atoms with Crippen LogP contribution >= 0.6 is 22.9 Å². The Kier molecular flexibility index (Phi) is 8.67. The number of carbonyl (C=O) groups is 1. The summed E-state index contributed by atoms with van der Waals surface area (Å²) < 4.78 is 45.7. The highest BCUT2D eigenvalue weighted by Gasteiger charge is 2.35. The van der Waals surface area contributed by atoms with Gasteiger partial charge in [0.15, 0.2) is 5.13 Å². The van der Waals surface area contributed by atoms with Gasteiger partial charge in [-0.25, -0.2) is 4.98 Å². The predicted octanol–water partition coefficient (Wildman–Crippen LogP) is 6.67. The Morgan fingerprint density at radius 1 is 1.26 bits per heavy atom. The number of oxime groups is 1. The van der Waals surface area contributed by atoms with Crippen LogP contribution < -0.4 is 9.64 Å². The van der Waals surface area contributed by atoms with Crippen molar-refractivity contribution in [2.24, 2.45) is 10.6 Å². The Labute approximate surface area is 226 Å². The third kappa shape index (κ3) is 6.87. The molecule has 12 heteroatoms. The van der Waals surface area contributed by atoms with Gasteiger partial charge in [0.2, 0.25) is 0 Å². The first-order valence-electron chi connectivity index (χ1n) is 12.1. The molecule has 1 saturated heterocycles. The van der Waals surface area contributed by atoms with Crippen LogP contribution in [0.25, 0.3) is 10.2 Å². The van der Waals surface area contributed by atoms with E-state index in [1.165, 1.54) is 17.4 Å². The lowest BCUT2D eigenvalue weighted by atomic mass is 9.77. The molecule has 0 saturated carbocycles. The molecule has 0 unspecified atom stereocenters. The SMILES string of the molecule is CCO/N=C/C1(CCOc2cc(CC(=O)O)ccc2Cl)CCN(c2nc3ccc(C(F)(F)F)cc3s2)CC1. The van der Waals surface area contributed by atoms with Crippen LogP contribution in [0.3, 0.4) is 0 Å². The van der Waals surface area contributed by atoms with Crippen molar-refractivity contribution in [2.45, 2.75) is 38.8 Å².